The van der Waals surface area contributed by atoms with Gasteiger partial charge in [-0.2, -0.15) is 0 Å². The molecule has 31 heavy (non-hydrogen) atoms. The van der Waals surface area contributed by atoms with Crippen LogP contribution in [0.25, 0.3) is 0 Å². The van der Waals surface area contributed by atoms with Gasteiger partial charge in [-0.15, -0.1) is 11.8 Å². The minimum atomic E-state index is -1.76. The summed E-state index contributed by atoms with van der Waals surface area (Å²) in [5.74, 6) is -0.962. The number of thioether (sulfide) groups is 1. The Bertz CT molecular complexity index is 821. The minimum Gasteiger partial charge on any atom is -0.392 e. The number of carbonyl (C=O) groups excluding carboxylic acids is 1. The molecule has 1 saturated heterocycles. The molecule has 1 N–H and O–H groups in total. The molecule has 0 bridgehead atoms. The van der Waals surface area contributed by atoms with Crippen LogP contribution >= 0.6 is 11.8 Å². The first kappa shape index (κ1) is 22.3. The van der Waals surface area contributed by atoms with Crippen LogP contribution in [-0.2, 0) is 14.3 Å². The monoisotopic (exact) mass is 456 g/mol. The quantitative estimate of drug-likeness (QED) is 0.665. The highest BCUT2D eigenvalue weighted by Gasteiger charge is 2.77. The van der Waals surface area contributed by atoms with E-state index in [1.165, 1.54) is 6.08 Å². The van der Waals surface area contributed by atoms with E-state index in [0.29, 0.717) is 12.8 Å². The van der Waals surface area contributed by atoms with E-state index >= 15 is 8.78 Å². The summed E-state index contributed by atoms with van der Waals surface area (Å²) in [6.45, 7) is 5.92. The Balaban J connectivity index is 1.56. The molecule has 4 aliphatic carbocycles. The zero-order valence-electron chi connectivity index (χ0n) is 18.8. The largest absolute Gasteiger partial charge is 0.392 e. The van der Waals surface area contributed by atoms with Crippen molar-refractivity contribution < 1.29 is 28.2 Å². The second-order valence-corrected chi connectivity index (χ2v) is 11.8. The third kappa shape index (κ3) is 2.55. The first-order valence-corrected chi connectivity index (χ1v) is 12.9. The fraction of sp³-hybridized carbons (Fsp3) is 0.875. The Labute approximate surface area is 187 Å². The minimum absolute atomic E-state index is 0.0494. The van der Waals surface area contributed by atoms with Crippen LogP contribution in [0.5, 0.6) is 0 Å². The van der Waals surface area contributed by atoms with Crippen LogP contribution in [0.3, 0.4) is 0 Å². The maximum atomic E-state index is 17.1. The second-order valence-electron chi connectivity index (χ2n) is 10.8. The van der Waals surface area contributed by atoms with Crippen molar-refractivity contribution in [3.05, 3.63) is 11.6 Å². The lowest BCUT2D eigenvalue weighted by Crippen LogP contribution is -2.67. The molecule has 0 spiro atoms. The van der Waals surface area contributed by atoms with Crippen LogP contribution in [0.4, 0.5) is 8.78 Å². The number of rotatable bonds is 3. The number of fused-ring (bicyclic) bond motifs is 7. The molecule has 0 aromatic carbocycles. The summed E-state index contributed by atoms with van der Waals surface area (Å²) in [4.78, 5) is 11.5. The molecule has 4 nitrogen and oxygen atoms in total. The molecule has 5 rings (SSSR count). The first-order chi connectivity index (χ1) is 14.6. The number of ether oxygens (including phenoxy) is 2. The van der Waals surface area contributed by atoms with E-state index in [2.05, 4.69) is 13.8 Å². The van der Waals surface area contributed by atoms with Gasteiger partial charge < -0.3 is 14.6 Å². The number of aliphatic hydroxyl groups is 1. The van der Waals surface area contributed by atoms with Crippen molar-refractivity contribution in [2.45, 2.75) is 101 Å². The van der Waals surface area contributed by atoms with Crippen molar-refractivity contribution in [1.29, 1.82) is 0 Å². The van der Waals surface area contributed by atoms with Crippen molar-refractivity contribution >= 4 is 17.5 Å². The molecule has 0 aromatic heterocycles. The first-order valence-electron chi connectivity index (χ1n) is 11.7. The van der Waals surface area contributed by atoms with E-state index in [1.807, 2.05) is 6.26 Å². The van der Waals surface area contributed by atoms with E-state index in [4.69, 9.17) is 9.47 Å². The molecule has 1 aliphatic heterocycles. The Hall–Kier alpha value is -0.500. The normalized spacial score (nSPS) is 55.8. The zero-order valence-corrected chi connectivity index (χ0v) is 19.6. The second kappa shape index (κ2) is 7.00. The summed E-state index contributed by atoms with van der Waals surface area (Å²) in [5, 5.41) is 10.9. The summed E-state index contributed by atoms with van der Waals surface area (Å²) >= 11 is 1.66. The van der Waals surface area contributed by atoms with Gasteiger partial charge in [0.1, 0.15) is 16.8 Å². The Kier molecular flexibility index (Phi) is 5.04. The van der Waals surface area contributed by atoms with E-state index in [9.17, 15) is 9.90 Å². The molecule has 5 aliphatic rings. The average molecular weight is 457 g/mol. The number of alkyl halides is 2. The summed E-state index contributed by atoms with van der Waals surface area (Å²) in [5.41, 5.74) is -3.31. The van der Waals surface area contributed by atoms with Crippen LogP contribution in [-0.4, -0.2) is 52.4 Å². The highest BCUT2D eigenvalue weighted by molar-refractivity contribution is 7.99. The molecule has 1 heterocycles. The Morgan fingerprint density at radius 1 is 1.26 bits per heavy atom. The highest BCUT2D eigenvalue weighted by Crippen LogP contribution is 2.74. The average Bonchev–Trinajstić information content (AvgIpc) is 3.18. The van der Waals surface area contributed by atoms with Crippen LogP contribution in [0.1, 0.15) is 65.7 Å². The molecule has 7 heteroatoms. The van der Waals surface area contributed by atoms with Crippen molar-refractivity contribution in [2.75, 3.05) is 6.26 Å². The van der Waals surface area contributed by atoms with Gasteiger partial charge in [-0.25, -0.2) is 8.78 Å². The van der Waals surface area contributed by atoms with Gasteiger partial charge in [-0.1, -0.05) is 27.2 Å². The molecular formula is C24H34F2O4S. The van der Waals surface area contributed by atoms with Crippen LogP contribution < -0.4 is 0 Å². The topological polar surface area (TPSA) is 55.8 Å². The van der Waals surface area contributed by atoms with Crippen LogP contribution in [0.2, 0.25) is 0 Å². The van der Waals surface area contributed by atoms with Gasteiger partial charge in [-0.05, 0) is 55.9 Å². The molecule has 1 unspecified atom stereocenters. The summed E-state index contributed by atoms with van der Waals surface area (Å²) < 4.78 is 45.5. The van der Waals surface area contributed by atoms with Crippen molar-refractivity contribution in [1.82, 2.24) is 0 Å². The number of ketones is 1. The summed E-state index contributed by atoms with van der Waals surface area (Å²) in [6, 6.07) is 0. The van der Waals surface area contributed by atoms with Crippen molar-refractivity contribution in [2.24, 2.45) is 22.7 Å². The van der Waals surface area contributed by atoms with Gasteiger partial charge in [0.15, 0.2) is 12.1 Å². The number of hydrogen-bond acceptors (Lipinski definition) is 5. The zero-order chi connectivity index (χ0) is 22.4. The van der Waals surface area contributed by atoms with E-state index < -0.39 is 34.2 Å². The lowest BCUT2D eigenvalue weighted by molar-refractivity contribution is -0.204. The number of hydrogen-bond donors (Lipinski definition) is 1. The fourth-order valence-electron chi connectivity index (χ4n) is 7.97. The molecule has 0 radical (unpaired) electrons. The third-order valence-electron chi connectivity index (χ3n) is 9.68. The number of aliphatic hydroxyl groups excluding tert-OH is 1. The summed E-state index contributed by atoms with van der Waals surface area (Å²) in [6.07, 6.45) is 3.47. The number of carbonyl (C=O) groups is 1. The molecule has 0 aromatic rings. The van der Waals surface area contributed by atoms with Gasteiger partial charge in [-0.3, -0.25) is 4.79 Å². The van der Waals surface area contributed by atoms with E-state index in [0.717, 1.165) is 12.8 Å². The summed E-state index contributed by atoms with van der Waals surface area (Å²) in [7, 11) is 0. The standard InChI is InChI=1S/C24H34F2O4S/c1-5-6-20-29-19-12-14-15-11-17(25)16-9-13(27)10-18(28)22(16,3)23(15,26)8-7-21(14,2)24(19,30-20)31-4/h9,14-15,17-20,28H,5-8,10-12H2,1-4H3/t14-,15-,17-,18+,19+,20?,21-,22+,23+,24-/m0/s1. The molecular weight excluding hydrogens is 422 g/mol. The predicted molar refractivity (Wildman–Crippen MR) is 115 cm³/mol. The van der Waals surface area contributed by atoms with Gasteiger partial charge in [0.2, 0.25) is 0 Å². The van der Waals surface area contributed by atoms with Gasteiger partial charge in [0.25, 0.3) is 0 Å². The van der Waals surface area contributed by atoms with E-state index in [1.54, 1.807) is 18.7 Å². The molecule has 3 saturated carbocycles. The SMILES string of the molecule is CCCC1O[C@@H]2C[C@H]3[C@@H]4C[C@H](F)C5=CC(=O)C[C@@H](O)[C@]5(C)[C@@]4(F)CC[C@]3(C)[C@]2(SC)O1. The number of halogens is 2. The van der Waals surface area contributed by atoms with Crippen LogP contribution in [0.15, 0.2) is 11.6 Å². The Morgan fingerprint density at radius 3 is 2.68 bits per heavy atom. The molecule has 0 amide bonds. The van der Waals surface area contributed by atoms with Gasteiger partial charge in [0.05, 0.1) is 17.6 Å². The molecule has 4 fully saturated rings. The van der Waals surface area contributed by atoms with Crippen molar-refractivity contribution in [3.63, 3.8) is 0 Å². The van der Waals surface area contributed by atoms with E-state index in [-0.39, 0.29) is 54.3 Å². The molecule has 174 valence electrons. The Morgan fingerprint density at radius 2 is 2.00 bits per heavy atom. The fourth-order valence-corrected chi connectivity index (χ4v) is 9.31. The lowest BCUT2D eigenvalue weighted by Gasteiger charge is -2.63. The smallest absolute Gasteiger partial charge is 0.160 e. The molecule has 10 atom stereocenters. The highest BCUT2D eigenvalue weighted by atomic mass is 32.2. The maximum Gasteiger partial charge on any atom is 0.160 e. The maximum absolute atomic E-state index is 17.1. The van der Waals surface area contributed by atoms with Gasteiger partial charge in [0, 0.05) is 17.8 Å². The van der Waals surface area contributed by atoms with Crippen LogP contribution in [0, 0.1) is 22.7 Å². The lowest BCUT2D eigenvalue weighted by atomic mass is 9.44. The van der Waals surface area contributed by atoms with Crippen molar-refractivity contribution in [3.8, 4) is 0 Å². The predicted octanol–water partition coefficient (Wildman–Crippen LogP) is 4.74. The van der Waals surface area contributed by atoms with Gasteiger partial charge >= 0.3 is 0 Å². The third-order valence-corrected chi connectivity index (χ3v) is 11.1.